The molecule has 2 aromatic carbocycles. The molecule has 7 N–H and O–H groups in total. The van der Waals surface area contributed by atoms with E-state index in [4.69, 9.17) is 20.6 Å². The van der Waals surface area contributed by atoms with E-state index in [2.05, 4.69) is 26.5 Å². The Morgan fingerprint density at radius 3 is 2.33 bits per heavy atom. The summed E-state index contributed by atoms with van der Waals surface area (Å²) in [5.41, 5.74) is 12.2. The molecule has 40 heavy (non-hydrogen) atoms. The zero-order valence-corrected chi connectivity index (χ0v) is 22.7. The molecule has 0 saturated carbocycles. The third-order valence-electron chi connectivity index (χ3n) is 5.36. The number of hydrazine groups is 1. The van der Waals surface area contributed by atoms with E-state index in [1.165, 1.54) is 25.3 Å². The molecule has 1 heterocycles. The van der Waals surface area contributed by atoms with Crippen molar-refractivity contribution in [3.05, 3.63) is 77.5 Å². The van der Waals surface area contributed by atoms with Gasteiger partial charge in [-0.2, -0.15) is 0 Å². The SMILES string of the molecule is CCOc1cc(C(Nc2ccc(C(=N)N)cc2)C(=O)NNC(=O)c2ccnc(NC(C)=O)c2)ccc1OC(C)C. The number of rotatable bonds is 11. The normalized spacial score (nSPS) is 11.2. The number of amides is 3. The second-order valence-electron chi connectivity index (χ2n) is 8.93. The van der Waals surface area contributed by atoms with Crippen LogP contribution in [0, 0.1) is 5.41 Å². The number of ether oxygens (including phenoxy) is 2. The van der Waals surface area contributed by atoms with Crippen LogP contribution in [0.3, 0.4) is 0 Å². The summed E-state index contributed by atoms with van der Waals surface area (Å²) in [4.78, 5) is 41.5. The molecule has 0 radical (unpaired) electrons. The summed E-state index contributed by atoms with van der Waals surface area (Å²) in [5.74, 6) is -0.392. The van der Waals surface area contributed by atoms with Crippen molar-refractivity contribution in [3.8, 4) is 11.5 Å². The number of aromatic nitrogens is 1. The molecule has 1 atom stereocenters. The van der Waals surface area contributed by atoms with Gasteiger partial charge in [0.05, 0.1) is 12.7 Å². The van der Waals surface area contributed by atoms with Gasteiger partial charge in [0.25, 0.3) is 11.8 Å². The van der Waals surface area contributed by atoms with Gasteiger partial charge in [-0.3, -0.25) is 30.6 Å². The number of pyridine rings is 1. The van der Waals surface area contributed by atoms with Gasteiger partial charge in [0.15, 0.2) is 11.5 Å². The standard InChI is InChI=1S/C28H33N7O5/c1-5-39-23-14-19(8-11-22(23)40-16(2)3)25(33-21-9-6-18(7-10-21)26(29)30)28(38)35-34-27(37)20-12-13-31-24(15-20)32-17(4)36/h6-16,25,33H,5H2,1-4H3,(H3,29,30)(H,34,37)(H,35,38)(H,31,32,36). The Morgan fingerprint density at radius 2 is 1.70 bits per heavy atom. The molecule has 3 aromatic rings. The van der Waals surface area contributed by atoms with Crippen LogP contribution in [-0.2, 0) is 9.59 Å². The minimum atomic E-state index is -0.969. The summed E-state index contributed by atoms with van der Waals surface area (Å²) in [6.07, 6.45) is 1.28. The zero-order chi connectivity index (χ0) is 29.2. The van der Waals surface area contributed by atoms with Crippen molar-refractivity contribution in [1.82, 2.24) is 15.8 Å². The lowest BCUT2D eigenvalue weighted by molar-refractivity contribution is -0.122. The number of carbonyl (C=O) groups excluding carboxylic acids is 3. The van der Waals surface area contributed by atoms with Gasteiger partial charge in [0, 0.05) is 29.9 Å². The van der Waals surface area contributed by atoms with Crippen LogP contribution in [0.25, 0.3) is 0 Å². The van der Waals surface area contributed by atoms with E-state index in [0.717, 1.165) is 0 Å². The minimum Gasteiger partial charge on any atom is -0.490 e. The number of benzene rings is 2. The van der Waals surface area contributed by atoms with Gasteiger partial charge in [-0.15, -0.1) is 0 Å². The van der Waals surface area contributed by atoms with Crippen LogP contribution in [0.2, 0.25) is 0 Å². The van der Waals surface area contributed by atoms with E-state index in [9.17, 15) is 14.4 Å². The average molecular weight is 548 g/mol. The Labute approximate surface area is 232 Å². The van der Waals surface area contributed by atoms with E-state index < -0.39 is 17.9 Å². The first-order chi connectivity index (χ1) is 19.1. The molecule has 0 aliphatic heterocycles. The van der Waals surface area contributed by atoms with Crippen LogP contribution in [0.5, 0.6) is 11.5 Å². The number of nitrogens with two attached hydrogens (primary N) is 1. The molecule has 0 saturated heterocycles. The predicted molar refractivity (Wildman–Crippen MR) is 151 cm³/mol. The number of hydrogen-bond acceptors (Lipinski definition) is 8. The molecule has 1 aromatic heterocycles. The van der Waals surface area contributed by atoms with Crippen molar-refractivity contribution < 1.29 is 23.9 Å². The lowest BCUT2D eigenvalue weighted by Gasteiger charge is -2.22. The van der Waals surface area contributed by atoms with Gasteiger partial charge in [0.1, 0.15) is 17.7 Å². The fraction of sp³-hybridized carbons (Fsp3) is 0.250. The Morgan fingerprint density at radius 1 is 0.975 bits per heavy atom. The molecule has 0 aliphatic carbocycles. The summed E-state index contributed by atoms with van der Waals surface area (Å²) in [6.45, 7) is 7.36. The van der Waals surface area contributed by atoms with Crippen LogP contribution in [0.15, 0.2) is 60.8 Å². The van der Waals surface area contributed by atoms with Crippen molar-refractivity contribution in [2.24, 2.45) is 5.73 Å². The van der Waals surface area contributed by atoms with E-state index in [1.54, 1.807) is 42.5 Å². The molecule has 3 rings (SSSR count). The number of nitrogens with zero attached hydrogens (tertiary/aromatic N) is 1. The number of carbonyl (C=O) groups is 3. The second kappa shape index (κ2) is 13.6. The van der Waals surface area contributed by atoms with E-state index in [0.29, 0.717) is 34.9 Å². The van der Waals surface area contributed by atoms with E-state index in [-0.39, 0.29) is 29.2 Å². The first kappa shape index (κ1) is 29.4. The van der Waals surface area contributed by atoms with Gasteiger partial charge < -0.3 is 25.8 Å². The van der Waals surface area contributed by atoms with Crippen molar-refractivity contribution in [2.75, 3.05) is 17.2 Å². The maximum Gasteiger partial charge on any atom is 0.269 e. The van der Waals surface area contributed by atoms with Gasteiger partial charge in [-0.25, -0.2) is 4.98 Å². The van der Waals surface area contributed by atoms with Crippen molar-refractivity contribution in [3.63, 3.8) is 0 Å². The third-order valence-corrected chi connectivity index (χ3v) is 5.36. The van der Waals surface area contributed by atoms with E-state index in [1.807, 2.05) is 20.8 Å². The number of nitrogen functional groups attached to an aromatic ring is 1. The van der Waals surface area contributed by atoms with Crippen LogP contribution >= 0.6 is 0 Å². The van der Waals surface area contributed by atoms with Crippen molar-refractivity contribution in [2.45, 2.75) is 39.8 Å². The molecular formula is C28H33N7O5. The molecule has 210 valence electrons. The monoisotopic (exact) mass is 547 g/mol. The maximum absolute atomic E-state index is 13.4. The van der Waals surface area contributed by atoms with E-state index >= 15 is 0 Å². The molecule has 0 bridgehead atoms. The summed E-state index contributed by atoms with van der Waals surface area (Å²) in [5, 5.41) is 13.3. The molecule has 0 fully saturated rings. The molecule has 0 spiro atoms. The van der Waals surface area contributed by atoms with Gasteiger partial charge in [-0.05, 0) is 74.9 Å². The maximum atomic E-state index is 13.4. The van der Waals surface area contributed by atoms with Crippen molar-refractivity contribution in [1.29, 1.82) is 5.41 Å². The Kier molecular flexibility index (Phi) is 10.0. The van der Waals surface area contributed by atoms with Gasteiger partial charge in [0.2, 0.25) is 5.91 Å². The van der Waals surface area contributed by atoms with Crippen LogP contribution in [-0.4, -0.2) is 41.3 Å². The van der Waals surface area contributed by atoms with Gasteiger partial charge >= 0.3 is 0 Å². The lowest BCUT2D eigenvalue weighted by Crippen LogP contribution is -2.45. The first-order valence-corrected chi connectivity index (χ1v) is 12.6. The second-order valence-corrected chi connectivity index (χ2v) is 8.93. The minimum absolute atomic E-state index is 0.0802. The summed E-state index contributed by atoms with van der Waals surface area (Å²) < 4.78 is 11.6. The Hall–Kier alpha value is -5.13. The fourth-order valence-electron chi connectivity index (χ4n) is 3.62. The van der Waals surface area contributed by atoms with Crippen LogP contribution < -0.4 is 36.7 Å². The van der Waals surface area contributed by atoms with Crippen LogP contribution in [0.4, 0.5) is 11.5 Å². The largest absolute Gasteiger partial charge is 0.490 e. The topological polar surface area (TPSA) is 181 Å². The average Bonchev–Trinajstić information content (AvgIpc) is 2.91. The molecule has 0 aliphatic rings. The number of nitrogens with one attached hydrogen (secondary N) is 5. The van der Waals surface area contributed by atoms with Crippen LogP contribution in [0.1, 0.15) is 55.2 Å². The Balaban J connectivity index is 1.87. The summed E-state index contributed by atoms with van der Waals surface area (Å²) in [7, 11) is 0. The highest BCUT2D eigenvalue weighted by Crippen LogP contribution is 2.33. The van der Waals surface area contributed by atoms with Crippen molar-refractivity contribution >= 4 is 35.1 Å². The third kappa shape index (κ3) is 8.18. The molecule has 1 unspecified atom stereocenters. The Bertz CT molecular complexity index is 1380. The quantitative estimate of drug-likeness (QED) is 0.120. The fourth-order valence-corrected chi connectivity index (χ4v) is 3.62. The summed E-state index contributed by atoms with van der Waals surface area (Å²) >= 11 is 0. The number of hydrogen-bond donors (Lipinski definition) is 6. The smallest absolute Gasteiger partial charge is 0.269 e. The molecular weight excluding hydrogens is 514 g/mol. The zero-order valence-electron chi connectivity index (χ0n) is 22.7. The highest BCUT2D eigenvalue weighted by molar-refractivity contribution is 5.98. The lowest BCUT2D eigenvalue weighted by atomic mass is 10.0. The predicted octanol–water partition coefficient (Wildman–Crippen LogP) is 3.12. The molecule has 12 heteroatoms. The number of anilines is 2. The number of amidine groups is 1. The molecule has 3 amide bonds. The highest BCUT2D eigenvalue weighted by atomic mass is 16.5. The molecule has 12 nitrogen and oxygen atoms in total. The summed E-state index contributed by atoms with van der Waals surface area (Å²) in [6, 6.07) is 13.7. The highest BCUT2D eigenvalue weighted by Gasteiger charge is 2.24. The van der Waals surface area contributed by atoms with Gasteiger partial charge in [-0.1, -0.05) is 6.07 Å². The first-order valence-electron chi connectivity index (χ1n) is 12.6.